The van der Waals surface area contributed by atoms with Crippen molar-refractivity contribution in [2.45, 2.75) is 4.58 Å². The highest BCUT2D eigenvalue weighted by atomic mass is 35.5. The predicted molar refractivity (Wildman–Crippen MR) is 82.9 cm³/mol. The summed E-state index contributed by atoms with van der Waals surface area (Å²) in [5.74, 6) is 0.194. The molecule has 0 radical (unpaired) electrons. The molecule has 1 unspecified atom stereocenters. The molecule has 110 valence electrons. The highest BCUT2D eigenvalue weighted by Crippen LogP contribution is 2.54. The molecule has 2 aromatic carbocycles. The molecule has 1 atom stereocenters. The number of non-ortho nitro benzene ring substituents is 1. The lowest BCUT2D eigenvalue weighted by Crippen LogP contribution is -2.14. The SMILES string of the molecule is O=[N+]([O-])c1ccc(OP(=O)(c2ccccc2)C(Cl)Cl)cc1. The lowest BCUT2D eigenvalue weighted by Gasteiger charge is -2.20. The fraction of sp³-hybridized carbons (Fsp3) is 0.0769. The maximum absolute atomic E-state index is 12.9. The molecule has 0 amide bonds. The van der Waals surface area contributed by atoms with Crippen molar-refractivity contribution >= 4 is 41.6 Å². The van der Waals surface area contributed by atoms with Crippen molar-refractivity contribution in [1.82, 2.24) is 0 Å². The van der Waals surface area contributed by atoms with Crippen LogP contribution in [0.1, 0.15) is 0 Å². The summed E-state index contributed by atoms with van der Waals surface area (Å²) in [6, 6.07) is 13.6. The highest BCUT2D eigenvalue weighted by Gasteiger charge is 2.35. The van der Waals surface area contributed by atoms with Crippen LogP contribution in [0.3, 0.4) is 0 Å². The van der Waals surface area contributed by atoms with E-state index in [0.717, 1.165) is 0 Å². The van der Waals surface area contributed by atoms with E-state index < -0.39 is 16.9 Å². The molecule has 0 aliphatic heterocycles. The molecule has 8 heteroatoms. The monoisotopic (exact) mass is 345 g/mol. The Kier molecular flexibility index (Phi) is 4.88. The smallest absolute Gasteiger partial charge is 0.309 e. The molecule has 0 N–H and O–H groups in total. The molecule has 0 aliphatic carbocycles. The first-order valence-electron chi connectivity index (χ1n) is 5.81. The van der Waals surface area contributed by atoms with Gasteiger partial charge in [0.1, 0.15) is 5.75 Å². The molecule has 21 heavy (non-hydrogen) atoms. The Balaban J connectivity index is 2.33. The molecule has 5 nitrogen and oxygen atoms in total. The Bertz CT molecular complexity index is 676. The molecular formula is C13H10Cl2NO4P. The topological polar surface area (TPSA) is 69.4 Å². The third kappa shape index (κ3) is 3.56. The van der Waals surface area contributed by atoms with Gasteiger partial charge in [-0.15, -0.1) is 0 Å². The van der Waals surface area contributed by atoms with E-state index in [9.17, 15) is 14.7 Å². The number of alkyl halides is 2. The summed E-state index contributed by atoms with van der Waals surface area (Å²) in [6.07, 6.45) is 0. The van der Waals surface area contributed by atoms with Crippen LogP contribution in [0.2, 0.25) is 0 Å². The van der Waals surface area contributed by atoms with Crippen LogP contribution in [0.5, 0.6) is 5.75 Å². The van der Waals surface area contributed by atoms with Crippen LogP contribution >= 0.6 is 30.6 Å². The zero-order valence-corrected chi connectivity index (χ0v) is 13.0. The van der Waals surface area contributed by atoms with E-state index >= 15 is 0 Å². The summed E-state index contributed by atoms with van der Waals surface area (Å²) in [4.78, 5) is 10.1. The number of rotatable bonds is 5. The number of benzene rings is 2. The predicted octanol–water partition coefficient (Wildman–Crippen LogP) is 4.34. The van der Waals surface area contributed by atoms with Gasteiger partial charge in [-0.05, 0) is 24.3 Å². The second kappa shape index (κ2) is 6.48. The Morgan fingerprint density at radius 3 is 2.10 bits per heavy atom. The van der Waals surface area contributed by atoms with Crippen LogP contribution in [0.15, 0.2) is 54.6 Å². The molecule has 0 fully saturated rings. The second-order valence-electron chi connectivity index (χ2n) is 4.05. The number of hydrogen-bond donors (Lipinski definition) is 0. The Hall–Kier alpha value is -1.55. The summed E-state index contributed by atoms with van der Waals surface area (Å²) >= 11 is 11.6. The van der Waals surface area contributed by atoms with Crippen LogP contribution in [-0.4, -0.2) is 9.50 Å². The van der Waals surface area contributed by atoms with Gasteiger partial charge in [0.2, 0.25) is 0 Å². The van der Waals surface area contributed by atoms with Crippen LogP contribution in [0.4, 0.5) is 5.69 Å². The Morgan fingerprint density at radius 1 is 1.05 bits per heavy atom. The van der Waals surface area contributed by atoms with Crippen molar-refractivity contribution in [3.63, 3.8) is 0 Å². The Morgan fingerprint density at radius 2 is 1.62 bits per heavy atom. The summed E-state index contributed by atoms with van der Waals surface area (Å²) in [7, 11) is -3.54. The van der Waals surface area contributed by atoms with Crippen LogP contribution in [0.25, 0.3) is 0 Å². The average Bonchev–Trinajstić information content (AvgIpc) is 2.48. The number of nitrogens with zero attached hydrogens (tertiary/aromatic N) is 1. The number of nitro groups is 1. The van der Waals surface area contributed by atoms with Gasteiger partial charge in [0.25, 0.3) is 5.69 Å². The quantitative estimate of drug-likeness (QED) is 0.350. The maximum atomic E-state index is 12.9. The summed E-state index contributed by atoms with van der Waals surface area (Å²) in [5, 5.41) is 11.0. The van der Waals surface area contributed by atoms with Crippen molar-refractivity contribution in [3.8, 4) is 5.75 Å². The average molecular weight is 346 g/mol. The van der Waals surface area contributed by atoms with Crippen molar-refractivity contribution in [2.75, 3.05) is 0 Å². The highest BCUT2D eigenvalue weighted by molar-refractivity contribution is 7.71. The first-order valence-corrected chi connectivity index (χ1v) is 8.38. The largest absolute Gasteiger partial charge is 0.438 e. The van der Waals surface area contributed by atoms with Gasteiger partial charge < -0.3 is 4.52 Å². The molecule has 0 spiro atoms. The minimum Gasteiger partial charge on any atom is -0.438 e. The van der Waals surface area contributed by atoms with Gasteiger partial charge >= 0.3 is 7.37 Å². The fourth-order valence-corrected chi connectivity index (χ4v) is 3.97. The normalized spacial score (nSPS) is 13.7. The molecule has 2 aromatic rings. The van der Waals surface area contributed by atoms with E-state index in [2.05, 4.69) is 0 Å². The van der Waals surface area contributed by atoms with Crippen LogP contribution in [-0.2, 0) is 4.57 Å². The van der Waals surface area contributed by atoms with Crippen molar-refractivity contribution in [2.24, 2.45) is 0 Å². The van der Waals surface area contributed by atoms with Gasteiger partial charge in [-0.2, -0.15) is 0 Å². The number of hydrogen-bond acceptors (Lipinski definition) is 4. The molecule has 0 aliphatic rings. The fourth-order valence-electron chi connectivity index (χ4n) is 1.63. The molecule has 0 saturated heterocycles. The van der Waals surface area contributed by atoms with Crippen LogP contribution < -0.4 is 9.83 Å². The molecular weight excluding hydrogens is 336 g/mol. The number of halogens is 2. The first-order chi connectivity index (χ1) is 9.93. The van der Waals surface area contributed by atoms with Gasteiger partial charge in [-0.3, -0.25) is 14.7 Å². The van der Waals surface area contributed by atoms with E-state index in [0.29, 0.717) is 5.30 Å². The third-order valence-electron chi connectivity index (χ3n) is 2.66. The van der Waals surface area contributed by atoms with E-state index in [4.69, 9.17) is 27.7 Å². The first kappa shape index (κ1) is 15.8. The lowest BCUT2D eigenvalue weighted by atomic mass is 10.3. The van der Waals surface area contributed by atoms with Gasteiger partial charge in [-0.1, -0.05) is 41.4 Å². The van der Waals surface area contributed by atoms with Gasteiger partial charge in [-0.25, -0.2) is 0 Å². The Labute approximate surface area is 131 Å². The summed E-state index contributed by atoms with van der Waals surface area (Å²) in [6.45, 7) is 0. The van der Waals surface area contributed by atoms with E-state index in [1.54, 1.807) is 30.3 Å². The summed E-state index contributed by atoms with van der Waals surface area (Å²) < 4.78 is 17.1. The lowest BCUT2D eigenvalue weighted by molar-refractivity contribution is -0.384. The molecule has 2 rings (SSSR count). The van der Waals surface area contributed by atoms with Gasteiger partial charge in [0, 0.05) is 12.1 Å². The van der Waals surface area contributed by atoms with Gasteiger partial charge in [0.15, 0.2) is 4.58 Å². The minimum absolute atomic E-state index is 0.0924. The molecule has 0 saturated carbocycles. The van der Waals surface area contributed by atoms with Gasteiger partial charge in [0.05, 0.1) is 10.2 Å². The standard InChI is InChI=1S/C13H10Cl2NO4P/c14-13(15)21(19,12-4-2-1-3-5-12)20-11-8-6-10(7-9-11)16(17)18/h1-9,13H. The van der Waals surface area contributed by atoms with Crippen molar-refractivity contribution < 1.29 is 14.0 Å². The third-order valence-corrected chi connectivity index (χ3v) is 6.22. The molecule has 0 aromatic heterocycles. The van der Waals surface area contributed by atoms with Crippen molar-refractivity contribution in [1.29, 1.82) is 0 Å². The molecule has 0 heterocycles. The second-order valence-corrected chi connectivity index (χ2v) is 8.17. The number of nitro benzene ring substituents is 1. The van der Waals surface area contributed by atoms with E-state index in [1.807, 2.05) is 0 Å². The minimum atomic E-state index is -3.54. The zero-order valence-electron chi connectivity index (χ0n) is 10.6. The van der Waals surface area contributed by atoms with Crippen molar-refractivity contribution in [3.05, 3.63) is 64.7 Å². The maximum Gasteiger partial charge on any atom is 0.309 e. The summed E-state index contributed by atoms with van der Waals surface area (Å²) in [5.41, 5.74) is -0.0924. The van der Waals surface area contributed by atoms with E-state index in [-0.39, 0.29) is 11.4 Å². The van der Waals surface area contributed by atoms with E-state index in [1.165, 1.54) is 24.3 Å². The van der Waals surface area contributed by atoms with Crippen LogP contribution in [0, 0.1) is 10.1 Å². The zero-order chi connectivity index (χ0) is 15.5. The molecule has 0 bridgehead atoms.